The van der Waals surface area contributed by atoms with Crippen molar-refractivity contribution in [2.75, 3.05) is 19.0 Å². The molecule has 2 aromatic carbocycles. The number of carbonyl (C=O) groups excluding carboxylic acids is 3. The maximum atomic E-state index is 13.2. The average Bonchev–Trinajstić information content (AvgIpc) is 3.18. The number of benzene rings is 2. The van der Waals surface area contributed by atoms with E-state index in [0.717, 1.165) is 10.4 Å². The molecule has 28 heavy (non-hydrogen) atoms. The number of nitrogens with one attached hydrogen (secondary N) is 1. The van der Waals surface area contributed by atoms with Crippen LogP contribution in [0.3, 0.4) is 0 Å². The second-order valence-corrected chi connectivity index (χ2v) is 6.95. The van der Waals surface area contributed by atoms with Crippen molar-refractivity contribution in [2.45, 2.75) is 6.92 Å². The fourth-order valence-corrected chi connectivity index (χ4v) is 3.92. The number of ketones is 2. The average molecular weight is 393 g/mol. The molecule has 0 aliphatic carbocycles. The molecule has 0 spiro atoms. The summed E-state index contributed by atoms with van der Waals surface area (Å²) in [4.78, 5) is 39.0. The molecule has 1 N–H and O–H groups in total. The first-order valence-corrected chi connectivity index (χ1v) is 9.60. The van der Waals surface area contributed by atoms with E-state index in [4.69, 9.17) is 4.74 Å². The molecule has 3 aromatic rings. The lowest BCUT2D eigenvalue weighted by Crippen LogP contribution is -2.20. The van der Waals surface area contributed by atoms with Crippen molar-refractivity contribution in [2.24, 2.45) is 0 Å². The summed E-state index contributed by atoms with van der Waals surface area (Å²) in [6, 6.07) is 17.9. The van der Waals surface area contributed by atoms with Crippen LogP contribution in [0.2, 0.25) is 0 Å². The molecule has 0 radical (unpaired) electrons. The molecule has 0 aliphatic heterocycles. The first-order valence-electron chi connectivity index (χ1n) is 8.79. The molecule has 3 rings (SSSR count). The molecule has 0 saturated heterocycles. The molecule has 1 aromatic heterocycles. The van der Waals surface area contributed by atoms with Gasteiger partial charge >= 0.3 is 5.97 Å². The van der Waals surface area contributed by atoms with Crippen LogP contribution >= 0.6 is 11.3 Å². The number of thiophene rings is 1. The minimum atomic E-state index is -0.965. The summed E-state index contributed by atoms with van der Waals surface area (Å²) in [5.74, 6) is -2.10. The third-order valence-electron chi connectivity index (χ3n) is 4.14. The van der Waals surface area contributed by atoms with Crippen LogP contribution in [0.5, 0.6) is 0 Å². The van der Waals surface area contributed by atoms with E-state index in [-0.39, 0.29) is 23.5 Å². The fraction of sp³-hybridized carbons (Fsp3) is 0.136. The van der Waals surface area contributed by atoms with Gasteiger partial charge in [-0.2, -0.15) is 0 Å². The normalized spacial score (nSPS) is 10.4. The number of rotatable bonds is 7. The number of hydrogen-bond donors (Lipinski definition) is 1. The van der Waals surface area contributed by atoms with Gasteiger partial charge in [0.15, 0.2) is 0 Å². The van der Waals surface area contributed by atoms with Crippen LogP contribution in [0.4, 0.5) is 5.69 Å². The molecule has 142 valence electrons. The van der Waals surface area contributed by atoms with Gasteiger partial charge in [-0.3, -0.25) is 9.59 Å². The maximum absolute atomic E-state index is 13.2. The van der Waals surface area contributed by atoms with Crippen molar-refractivity contribution in [1.82, 2.24) is 0 Å². The summed E-state index contributed by atoms with van der Waals surface area (Å²) in [5, 5.41) is 3.04. The Hall–Kier alpha value is -3.25. The Morgan fingerprint density at radius 2 is 1.61 bits per heavy atom. The highest BCUT2D eigenvalue weighted by atomic mass is 32.1. The molecule has 0 unspecified atom stereocenters. The van der Waals surface area contributed by atoms with E-state index in [9.17, 15) is 14.4 Å². The first-order chi connectivity index (χ1) is 13.6. The largest absolute Gasteiger partial charge is 0.460 e. The Kier molecular flexibility index (Phi) is 6.01. The Morgan fingerprint density at radius 1 is 0.964 bits per heavy atom. The Labute approximate surface area is 167 Å². The third-order valence-corrected chi connectivity index (χ3v) is 5.33. The number of ether oxygens (including phenoxy) is 1. The van der Waals surface area contributed by atoms with Crippen molar-refractivity contribution >= 4 is 34.6 Å². The Bertz CT molecular complexity index is 1020. The molecule has 1 heterocycles. The van der Waals surface area contributed by atoms with Crippen molar-refractivity contribution in [3.05, 3.63) is 76.7 Å². The van der Waals surface area contributed by atoms with Crippen LogP contribution in [0, 0.1) is 0 Å². The van der Waals surface area contributed by atoms with Gasteiger partial charge < -0.3 is 10.1 Å². The summed E-state index contributed by atoms with van der Waals surface area (Å²) in [5.41, 5.74) is 1.90. The molecule has 0 saturated carbocycles. The van der Waals surface area contributed by atoms with Gasteiger partial charge in [0.05, 0.1) is 17.2 Å². The minimum Gasteiger partial charge on any atom is -0.460 e. The third kappa shape index (κ3) is 3.87. The van der Waals surface area contributed by atoms with E-state index in [1.165, 1.54) is 17.4 Å². The zero-order chi connectivity index (χ0) is 20.1. The summed E-state index contributed by atoms with van der Waals surface area (Å²) >= 11 is 1.34. The maximum Gasteiger partial charge on any atom is 0.379 e. The van der Waals surface area contributed by atoms with Crippen molar-refractivity contribution < 1.29 is 19.1 Å². The van der Waals surface area contributed by atoms with Gasteiger partial charge in [0.1, 0.15) is 0 Å². The zero-order valence-corrected chi connectivity index (χ0v) is 16.3. The highest BCUT2D eigenvalue weighted by molar-refractivity contribution is 7.18. The number of Topliss-reactive ketones (excluding diaryl/α,β-unsaturated/α-hetero) is 1. The molecule has 6 heteroatoms. The van der Waals surface area contributed by atoms with E-state index < -0.39 is 11.8 Å². The molecule has 0 fully saturated rings. The topological polar surface area (TPSA) is 72.5 Å². The number of carbonyl (C=O) groups is 3. The molecular weight excluding hydrogens is 374 g/mol. The Morgan fingerprint density at radius 3 is 2.25 bits per heavy atom. The number of hydrogen-bond acceptors (Lipinski definition) is 6. The molecule has 0 bridgehead atoms. The van der Waals surface area contributed by atoms with Gasteiger partial charge in [-0.1, -0.05) is 54.6 Å². The van der Waals surface area contributed by atoms with Crippen LogP contribution in [-0.2, 0) is 9.53 Å². The van der Waals surface area contributed by atoms with Crippen LogP contribution in [0.25, 0.3) is 10.4 Å². The SMILES string of the molecule is CCOC(=O)C(=O)c1ccccc1C(=O)c1sc(-c2ccccc2)cc1NC. The second kappa shape index (κ2) is 8.63. The minimum absolute atomic E-state index is 0.0441. The van der Waals surface area contributed by atoms with Gasteiger partial charge in [-0.15, -0.1) is 11.3 Å². The molecule has 5 nitrogen and oxygen atoms in total. The number of esters is 1. The zero-order valence-electron chi connectivity index (χ0n) is 15.5. The first kappa shape index (κ1) is 19.5. The smallest absolute Gasteiger partial charge is 0.379 e. The van der Waals surface area contributed by atoms with Gasteiger partial charge in [-0.25, -0.2) is 4.79 Å². The van der Waals surface area contributed by atoms with Crippen LogP contribution in [0.1, 0.15) is 32.5 Å². The fourth-order valence-electron chi connectivity index (χ4n) is 2.80. The predicted octanol–water partition coefficient (Wildman–Crippen LogP) is 4.43. The van der Waals surface area contributed by atoms with E-state index in [1.807, 2.05) is 36.4 Å². The summed E-state index contributed by atoms with van der Waals surface area (Å²) < 4.78 is 4.80. The summed E-state index contributed by atoms with van der Waals surface area (Å²) in [6.07, 6.45) is 0. The number of anilines is 1. The highest BCUT2D eigenvalue weighted by Gasteiger charge is 2.26. The van der Waals surface area contributed by atoms with Crippen molar-refractivity contribution in [3.63, 3.8) is 0 Å². The lowest BCUT2D eigenvalue weighted by molar-refractivity contribution is -0.137. The van der Waals surface area contributed by atoms with E-state index in [0.29, 0.717) is 10.6 Å². The predicted molar refractivity (Wildman–Crippen MR) is 110 cm³/mol. The second-order valence-electron chi connectivity index (χ2n) is 5.89. The van der Waals surface area contributed by atoms with E-state index >= 15 is 0 Å². The lowest BCUT2D eigenvalue weighted by Gasteiger charge is -2.08. The van der Waals surface area contributed by atoms with Crippen LogP contribution in [-0.4, -0.2) is 31.2 Å². The molecule has 0 amide bonds. The van der Waals surface area contributed by atoms with E-state index in [1.54, 1.807) is 32.2 Å². The van der Waals surface area contributed by atoms with Gasteiger partial charge in [0.25, 0.3) is 5.78 Å². The van der Waals surface area contributed by atoms with E-state index in [2.05, 4.69) is 5.32 Å². The highest BCUT2D eigenvalue weighted by Crippen LogP contribution is 2.36. The lowest BCUT2D eigenvalue weighted by atomic mass is 9.99. The van der Waals surface area contributed by atoms with Crippen LogP contribution in [0.15, 0.2) is 60.7 Å². The Balaban J connectivity index is 2.03. The van der Waals surface area contributed by atoms with Crippen molar-refractivity contribution in [3.8, 4) is 10.4 Å². The molecule has 0 aliphatic rings. The van der Waals surface area contributed by atoms with Gasteiger partial charge in [0.2, 0.25) is 5.78 Å². The quantitative estimate of drug-likeness (QED) is 0.365. The molecule has 0 atom stereocenters. The van der Waals surface area contributed by atoms with Gasteiger partial charge in [0, 0.05) is 23.1 Å². The standard InChI is InChI=1S/C22H19NO4S/c1-3-27-22(26)20(25)16-12-8-7-11-15(16)19(24)21-17(23-2)13-18(28-21)14-9-5-4-6-10-14/h4-13,23H,3H2,1-2H3. The molecular formula is C22H19NO4S. The summed E-state index contributed by atoms with van der Waals surface area (Å²) in [7, 11) is 1.74. The van der Waals surface area contributed by atoms with Crippen molar-refractivity contribution in [1.29, 1.82) is 0 Å². The van der Waals surface area contributed by atoms with Crippen LogP contribution < -0.4 is 5.32 Å². The monoisotopic (exact) mass is 393 g/mol. The summed E-state index contributed by atoms with van der Waals surface area (Å²) in [6.45, 7) is 1.72. The van der Waals surface area contributed by atoms with Gasteiger partial charge in [-0.05, 0) is 18.6 Å².